The van der Waals surface area contributed by atoms with Gasteiger partial charge in [0.25, 0.3) is 0 Å². The molecule has 1 aliphatic carbocycles. The maximum atomic E-state index is 11.5. The number of urea groups is 1. The summed E-state index contributed by atoms with van der Waals surface area (Å²) in [7, 11) is 0. The van der Waals surface area contributed by atoms with Gasteiger partial charge in [0.1, 0.15) is 5.78 Å². The molecule has 4 heteroatoms. The predicted molar refractivity (Wildman–Crippen MR) is 52.0 cm³/mol. The van der Waals surface area contributed by atoms with Crippen molar-refractivity contribution in [3.05, 3.63) is 0 Å². The number of hydrogen-bond donors (Lipinski definition) is 1. The minimum Gasteiger partial charge on any atom is -0.334 e. The zero-order chi connectivity index (χ0) is 10.1. The van der Waals surface area contributed by atoms with Crippen LogP contribution in [-0.2, 0) is 4.79 Å². The summed E-state index contributed by atoms with van der Waals surface area (Å²) in [5, 5.41) is 2.88. The first-order valence-corrected chi connectivity index (χ1v) is 5.25. The fraction of sp³-hybridized carbons (Fsp3) is 0.800. The Labute approximate surface area is 83.6 Å². The standard InChI is InChI=1S/C10H16N2O2/c1-7-6-12(10(14)11-7)8-2-4-9(13)5-3-8/h7-8H,2-6H2,1H3,(H,11,14). The van der Waals surface area contributed by atoms with Crippen molar-refractivity contribution in [1.82, 2.24) is 10.2 Å². The van der Waals surface area contributed by atoms with E-state index in [1.54, 1.807) is 0 Å². The van der Waals surface area contributed by atoms with E-state index in [4.69, 9.17) is 0 Å². The Hall–Kier alpha value is -1.06. The van der Waals surface area contributed by atoms with E-state index in [9.17, 15) is 9.59 Å². The lowest BCUT2D eigenvalue weighted by Crippen LogP contribution is -2.40. The van der Waals surface area contributed by atoms with Crippen LogP contribution < -0.4 is 5.32 Å². The van der Waals surface area contributed by atoms with Crippen LogP contribution in [0.25, 0.3) is 0 Å². The van der Waals surface area contributed by atoms with Gasteiger partial charge in [-0.05, 0) is 19.8 Å². The number of nitrogens with zero attached hydrogens (tertiary/aromatic N) is 1. The lowest BCUT2D eigenvalue weighted by atomic mass is 9.93. The second-order valence-corrected chi connectivity index (χ2v) is 4.27. The van der Waals surface area contributed by atoms with Crippen LogP contribution in [0.3, 0.4) is 0 Å². The molecular formula is C10H16N2O2. The van der Waals surface area contributed by atoms with Crippen molar-refractivity contribution in [2.75, 3.05) is 6.54 Å². The zero-order valence-corrected chi connectivity index (χ0v) is 8.45. The van der Waals surface area contributed by atoms with E-state index in [0.29, 0.717) is 18.6 Å². The molecule has 2 aliphatic rings. The molecule has 1 saturated carbocycles. The smallest absolute Gasteiger partial charge is 0.317 e. The molecule has 0 bridgehead atoms. The van der Waals surface area contributed by atoms with Crippen molar-refractivity contribution in [2.24, 2.45) is 0 Å². The van der Waals surface area contributed by atoms with E-state index in [2.05, 4.69) is 5.32 Å². The van der Waals surface area contributed by atoms with Gasteiger partial charge in [0.05, 0.1) is 0 Å². The molecule has 0 aromatic heterocycles. The highest BCUT2D eigenvalue weighted by Gasteiger charge is 2.33. The highest BCUT2D eigenvalue weighted by atomic mass is 16.2. The van der Waals surface area contributed by atoms with E-state index >= 15 is 0 Å². The van der Waals surface area contributed by atoms with Gasteiger partial charge in [-0.1, -0.05) is 0 Å². The number of Topliss-reactive ketones (excluding diaryl/α,β-unsaturated/α-hetero) is 1. The van der Waals surface area contributed by atoms with Gasteiger partial charge in [0.15, 0.2) is 0 Å². The summed E-state index contributed by atoms with van der Waals surface area (Å²) in [6.07, 6.45) is 2.98. The van der Waals surface area contributed by atoms with Crippen molar-refractivity contribution < 1.29 is 9.59 Å². The highest BCUT2D eigenvalue weighted by molar-refractivity contribution is 5.80. The summed E-state index contributed by atoms with van der Waals surface area (Å²) in [5.41, 5.74) is 0. The summed E-state index contributed by atoms with van der Waals surface area (Å²) < 4.78 is 0. The van der Waals surface area contributed by atoms with Crippen LogP contribution in [0.15, 0.2) is 0 Å². The number of carbonyl (C=O) groups excluding carboxylic acids is 2. The molecule has 0 spiro atoms. The number of ketones is 1. The van der Waals surface area contributed by atoms with Crippen molar-refractivity contribution in [1.29, 1.82) is 0 Å². The van der Waals surface area contributed by atoms with Gasteiger partial charge in [-0.15, -0.1) is 0 Å². The van der Waals surface area contributed by atoms with Crippen LogP contribution in [0.4, 0.5) is 4.79 Å². The molecule has 0 aromatic rings. The molecule has 1 aliphatic heterocycles. The molecule has 1 saturated heterocycles. The Bertz CT molecular complexity index is 255. The second-order valence-electron chi connectivity index (χ2n) is 4.27. The van der Waals surface area contributed by atoms with Crippen molar-refractivity contribution in [2.45, 2.75) is 44.7 Å². The van der Waals surface area contributed by atoms with Crippen LogP contribution in [-0.4, -0.2) is 35.3 Å². The first kappa shape index (κ1) is 9.49. The quantitative estimate of drug-likeness (QED) is 0.677. The third-order valence-corrected chi connectivity index (χ3v) is 3.05. The van der Waals surface area contributed by atoms with Gasteiger partial charge in [-0.3, -0.25) is 4.79 Å². The van der Waals surface area contributed by atoms with Crippen molar-refractivity contribution in [3.63, 3.8) is 0 Å². The van der Waals surface area contributed by atoms with E-state index in [0.717, 1.165) is 19.4 Å². The largest absolute Gasteiger partial charge is 0.334 e. The van der Waals surface area contributed by atoms with E-state index in [1.807, 2.05) is 11.8 Å². The summed E-state index contributed by atoms with van der Waals surface area (Å²) >= 11 is 0. The topological polar surface area (TPSA) is 49.4 Å². The summed E-state index contributed by atoms with van der Waals surface area (Å²) in [4.78, 5) is 24.4. The first-order chi connectivity index (χ1) is 6.66. The SMILES string of the molecule is CC1CN(C2CCC(=O)CC2)C(=O)N1. The fourth-order valence-electron chi connectivity index (χ4n) is 2.27. The van der Waals surface area contributed by atoms with Crippen LogP contribution >= 0.6 is 0 Å². The van der Waals surface area contributed by atoms with Gasteiger partial charge in [-0.2, -0.15) is 0 Å². The maximum absolute atomic E-state index is 11.5. The Kier molecular flexibility index (Phi) is 2.44. The first-order valence-electron chi connectivity index (χ1n) is 5.25. The molecule has 1 N–H and O–H groups in total. The second kappa shape index (κ2) is 3.59. The average Bonchev–Trinajstić information content (AvgIpc) is 2.47. The molecule has 2 amide bonds. The van der Waals surface area contributed by atoms with Crippen molar-refractivity contribution in [3.8, 4) is 0 Å². The highest BCUT2D eigenvalue weighted by Crippen LogP contribution is 2.22. The lowest BCUT2D eigenvalue weighted by molar-refractivity contribution is -0.121. The van der Waals surface area contributed by atoms with E-state index in [1.165, 1.54) is 0 Å². The fourth-order valence-corrected chi connectivity index (χ4v) is 2.27. The van der Waals surface area contributed by atoms with Gasteiger partial charge in [-0.25, -0.2) is 4.79 Å². The lowest BCUT2D eigenvalue weighted by Gasteiger charge is -2.29. The third kappa shape index (κ3) is 1.74. The normalized spacial score (nSPS) is 29.5. The molecule has 14 heavy (non-hydrogen) atoms. The van der Waals surface area contributed by atoms with Crippen LogP contribution in [0.5, 0.6) is 0 Å². The predicted octanol–water partition coefficient (Wildman–Crippen LogP) is 0.912. The molecule has 0 aromatic carbocycles. The van der Waals surface area contributed by atoms with Gasteiger partial charge in [0.2, 0.25) is 0 Å². The number of rotatable bonds is 1. The average molecular weight is 196 g/mol. The Morgan fingerprint density at radius 1 is 1.29 bits per heavy atom. The zero-order valence-electron chi connectivity index (χ0n) is 8.45. The molecule has 78 valence electrons. The number of nitrogens with one attached hydrogen (secondary N) is 1. The Morgan fingerprint density at radius 3 is 2.43 bits per heavy atom. The number of carbonyl (C=O) groups is 2. The summed E-state index contributed by atoms with van der Waals surface area (Å²) in [6.45, 7) is 2.80. The number of hydrogen-bond acceptors (Lipinski definition) is 2. The van der Waals surface area contributed by atoms with Gasteiger partial charge < -0.3 is 10.2 Å². The van der Waals surface area contributed by atoms with E-state index < -0.39 is 0 Å². The van der Waals surface area contributed by atoms with Crippen LogP contribution in [0.1, 0.15) is 32.6 Å². The molecule has 1 heterocycles. The molecule has 1 atom stereocenters. The molecule has 1 unspecified atom stereocenters. The van der Waals surface area contributed by atoms with Crippen LogP contribution in [0.2, 0.25) is 0 Å². The van der Waals surface area contributed by atoms with Crippen molar-refractivity contribution >= 4 is 11.8 Å². The molecule has 2 rings (SSSR count). The van der Waals surface area contributed by atoms with E-state index in [-0.39, 0.29) is 18.1 Å². The molecular weight excluding hydrogens is 180 g/mol. The molecule has 4 nitrogen and oxygen atoms in total. The molecule has 0 radical (unpaired) electrons. The summed E-state index contributed by atoms with van der Waals surface area (Å²) in [6, 6.07) is 0.578. The Morgan fingerprint density at radius 2 is 1.93 bits per heavy atom. The minimum atomic E-state index is 0.0387. The van der Waals surface area contributed by atoms with Gasteiger partial charge >= 0.3 is 6.03 Å². The minimum absolute atomic E-state index is 0.0387. The van der Waals surface area contributed by atoms with Gasteiger partial charge in [0, 0.05) is 31.5 Å². The van der Waals surface area contributed by atoms with Crippen LogP contribution in [0, 0.1) is 0 Å². The monoisotopic (exact) mass is 196 g/mol. The Balaban J connectivity index is 1.95. The molecule has 2 fully saturated rings. The maximum Gasteiger partial charge on any atom is 0.317 e. The third-order valence-electron chi connectivity index (χ3n) is 3.05. The summed E-state index contributed by atoms with van der Waals surface area (Å²) in [5.74, 6) is 0.342. The number of amides is 2.